The number of ether oxygens (including phenoxy) is 1. The molecule has 1 saturated heterocycles. The molecule has 6 nitrogen and oxygen atoms in total. The van der Waals surface area contributed by atoms with Gasteiger partial charge < -0.3 is 20.7 Å². The normalized spacial score (nSPS) is 23.1. The first-order valence-electron chi connectivity index (χ1n) is 8.05. The number of morpholine rings is 1. The molecule has 1 aromatic heterocycles. The number of nitrogens with one attached hydrogen (secondary N) is 1. The van der Waals surface area contributed by atoms with E-state index in [2.05, 4.69) is 15.2 Å². The molecule has 1 aliphatic heterocycles. The van der Waals surface area contributed by atoms with E-state index in [0.29, 0.717) is 6.54 Å². The maximum atomic E-state index is 12.1. The van der Waals surface area contributed by atoms with Crippen molar-refractivity contribution in [3.05, 3.63) is 23.9 Å². The van der Waals surface area contributed by atoms with Gasteiger partial charge in [0.2, 0.25) is 5.91 Å². The second kappa shape index (κ2) is 10.0. The van der Waals surface area contributed by atoms with Gasteiger partial charge in [0.25, 0.3) is 0 Å². The molecule has 1 saturated carbocycles. The second-order valence-electron chi connectivity index (χ2n) is 6.04. The molecule has 2 unspecified atom stereocenters. The maximum absolute atomic E-state index is 12.1. The molecular formula is C16H26Cl2N4O2. The fourth-order valence-corrected chi connectivity index (χ4v) is 3.14. The van der Waals surface area contributed by atoms with Crippen LogP contribution in [-0.4, -0.2) is 43.2 Å². The fourth-order valence-electron chi connectivity index (χ4n) is 3.14. The molecule has 0 bridgehead atoms. The topological polar surface area (TPSA) is 80.5 Å². The van der Waals surface area contributed by atoms with Gasteiger partial charge in [-0.3, -0.25) is 4.79 Å². The van der Waals surface area contributed by atoms with Crippen molar-refractivity contribution in [1.29, 1.82) is 0 Å². The third-order valence-electron chi connectivity index (χ3n) is 4.52. The molecular weight excluding hydrogens is 351 g/mol. The number of anilines is 1. The van der Waals surface area contributed by atoms with Crippen LogP contribution in [0.4, 0.5) is 5.82 Å². The van der Waals surface area contributed by atoms with Gasteiger partial charge in [0.05, 0.1) is 19.1 Å². The number of carbonyl (C=O) groups excluding carboxylic acids is 1. The van der Waals surface area contributed by atoms with Crippen LogP contribution in [0.2, 0.25) is 0 Å². The van der Waals surface area contributed by atoms with Crippen LogP contribution in [0.5, 0.6) is 0 Å². The molecule has 2 heterocycles. The Morgan fingerprint density at radius 2 is 2.04 bits per heavy atom. The molecule has 24 heavy (non-hydrogen) atoms. The number of rotatable bonds is 4. The zero-order valence-electron chi connectivity index (χ0n) is 13.6. The molecule has 0 aromatic carbocycles. The molecule has 3 N–H and O–H groups in total. The number of carbonyl (C=O) groups is 1. The number of hydrogen-bond donors (Lipinski definition) is 2. The van der Waals surface area contributed by atoms with Gasteiger partial charge >= 0.3 is 0 Å². The molecule has 2 atom stereocenters. The van der Waals surface area contributed by atoms with E-state index in [1.165, 1.54) is 0 Å². The average Bonchev–Trinajstić information content (AvgIpc) is 3.00. The zero-order chi connectivity index (χ0) is 15.4. The van der Waals surface area contributed by atoms with Crippen molar-refractivity contribution in [2.75, 3.05) is 31.2 Å². The Hall–Kier alpha value is -1.08. The van der Waals surface area contributed by atoms with E-state index in [0.717, 1.165) is 56.9 Å². The summed E-state index contributed by atoms with van der Waals surface area (Å²) < 4.78 is 5.34. The van der Waals surface area contributed by atoms with E-state index in [-0.39, 0.29) is 42.7 Å². The maximum Gasteiger partial charge on any atom is 0.224 e. The number of amides is 1. The Morgan fingerprint density at radius 3 is 2.62 bits per heavy atom. The third kappa shape index (κ3) is 5.21. The van der Waals surface area contributed by atoms with E-state index >= 15 is 0 Å². The average molecular weight is 377 g/mol. The number of nitrogens with zero attached hydrogens (tertiary/aromatic N) is 2. The number of hydrogen-bond acceptors (Lipinski definition) is 5. The predicted molar refractivity (Wildman–Crippen MR) is 98.9 cm³/mol. The summed E-state index contributed by atoms with van der Waals surface area (Å²) in [4.78, 5) is 18.8. The number of pyridine rings is 1. The molecule has 0 spiro atoms. The lowest BCUT2D eigenvalue weighted by molar-refractivity contribution is -0.125. The zero-order valence-corrected chi connectivity index (χ0v) is 15.3. The van der Waals surface area contributed by atoms with Crippen LogP contribution in [0, 0.1) is 5.92 Å². The molecule has 136 valence electrons. The first-order valence-corrected chi connectivity index (χ1v) is 8.05. The van der Waals surface area contributed by atoms with Gasteiger partial charge in [-0.25, -0.2) is 4.98 Å². The van der Waals surface area contributed by atoms with Crippen molar-refractivity contribution in [2.45, 2.75) is 31.8 Å². The molecule has 0 radical (unpaired) electrons. The summed E-state index contributed by atoms with van der Waals surface area (Å²) in [6, 6.07) is 4.04. The van der Waals surface area contributed by atoms with E-state index in [9.17, 15) is 4.79 Å². The van der Waals surface area contributed by atoms with E-state index in [1.807, 2.05) is 18.3 Å². The summed E-state index contributed by atoms with van der Waals surface area (Å²) in [5.41, 5.74) is 6.97. The van der Waals surface area contributed by atoms with Crippen molar-refractivity contribution < 1.29 is 9.53 Å². The molecule has 1 amide bonds. The largest absolute Gasteiger partial charge is 0.378 e. The minimum absolute atomic E-state index is 0. The van der Waals surface area contributed by atoms with E-state index in [1.54, 1.807) is 0 Å². The van der Waals surface area contributed by atoms with Crippen LogP contribution in [0.25, 0.3) is 0 Å². The van der Waals surface area contributed by atoms with Gasteiger partial charge in [-0.15, -0.1) is 24.8 Å². The number of nitrogens with two attached hydrogens (primary N) is 1. The summed E-state index contributed by atoms with van der Waals surface area (Å²) in [6.45, 7) is 3.77. The highest BCUT2D eigenvalue weighted by atomic mass is 35.5. The highest BCUT2D eigenvalue weighted by Crippen LogP contribution is 2.24. The van der Waals surface area contributed by atoms with Crippen LogP contribution in [0.1, 0.15) is 24.8 Å². The summed E-state index contributed by atoms with van der Waals surface area (Å²) in [7, 11) is 0. The van der Waals surface area contributed by atoms with Crippen LogP contribution in [0.3, 0.4) is 0 Å². The van der Waals surface area contributed by atoms with Gasteiger partial charge in [0.1, 0.15) is 5.82 Å². The smallest absolute Gasteiger partial charge is 0.224 e. The Kier molecular flexibility index (Phi) is 8.76. The Morgan fingerprint density at radius 1 is 1.29 bits per heavy atom. The Labute approximate surface area is 155 Å². The minimum atomic E-state index is -0.0272. The molecule has 1 aliphatic carbocycles. The molecule has 3 rings (SSSR count). The molecule has 2 aliphatic rings. The van der Waals surface area contributed by atoms with Gasteiger partial charge in [-0.1, -0.05) is 12.5 Å². The van der Waals surface area contributed by atoms with Crippen LogP contribution in [-0.2, 0) is 16.1 Å². The van der Waals surface area contributed by atoms with Crippen molar-refractivity contribution in [3.8, 4) is 0 Å². The second-order valence-corrected chi connectivity index (χ2v) is 6.04. The third-order valence-corrected chi connectivity index (χ3v) is 4.52. The predicted octanol–water partition coefficient (Wildman–Crippen LogP) is 1.51. The monoisotopic (exact) mass is 376 g/mol. The first-order chi connectivity index (χ1) is 10.7. The summed E-state index contributed by atoms with van der Waals surface area (Å²) in [5, 5.41) is 2.98. The summed E-state index contributed by atoms with van der Waals surface area (Å²) in [5.74, 6) is 1.01. The number of halogens is 2. The first kappa shape index (κ1) is 21.0. The van der Waals surface area contributed by atoms with E-state index in [4.69, 9.17) is 10.5 Å². The lowest BCUT2D eigenvalue weighted by Crippen LogP contribution is -2.38. The lowest BCUT2D eigenvalue weighted by Gasteiger charge is -2.27. The Bertz CT molecular complexity index is 509. The van der Waals surface area contributed by atoms with Crippen molar-refractivity contribution in [2.24, 2.45) is 11.7 Å². The van der Waals surface area contributed by atoms with Gasteiger partial charge in [0, 0.05) is 31.9 Å². The lowest BCUT2D eigenvalue weighted by atomic mass is 10.0. The van der Waals surface area contributed by atoms with Crippen LogP contribution in [0.15, 0.2) is 18.3 Å². The highest BCUT2D eigenvalue weighted by molar-refractivity contribution is 5.85. The van der Waals surface area contributed by atoms with Crippen molar-refractivity contribution >= 4 is 36.5 Å². The van der Waals surface area contributed by atoms with Gasteiger partial charge in [-0.2, -0.15) is 0 Å². The Balaban J connectivity index is 0.00000144. The van der Waals surface area contributed by atoms with Crippen LogP contribution >= 0.6 is 24.8 Å². The van der Waals surface area contributed by atoms with Gasteiger partial charge in [-0.05, 0) is 24.5 Å². The standard InChI is InChI=1S/C16H24N4O2.2ClH/c17-14-3-1-2-13(14)16(21)19-11-12-4-5-15(18-10-12)20-6-8-22-9-7-20;;/h4-5,10,13-14H,1-3,6-9,11,17H2,(H,19,21);2*1H. The van der Waals surface area contributed by atoms with E-state index < -0.39 is 0 Å². The SMILES string of the molecule is Cl.Cl.NC1CCCC1C(=O)NCc1ccc(N2CCOCC2)nc1. The molecule has 2 fully saturated rings. The fraction of sp³-hybridized carbons (Fsp3) is 0.625. The quantitative estimate of drug-likeness (QED) is 0.832. The van der Waals surface area contributed by atoms with Crippen LogP contribution < -0.4 is 16.0 Å². The molecule has 1 aromatic rings. The highest BCUT2D eigenvalue weighted by Gasteiger charge is 2.29. The van der Waals surface area contributed by atoms with Crippen molar-refractivity contribution in [3.63, 3.8) is 0 Å². The number of aromatic nitrogens is 1. The minimum Gasteiger partial charge on any atom is -0.378 e. The van der Waals surface area contributed by atoms with Gasteiger partial charge in [0.15, 0.2) is 0 Å². The van der Waals surface area contributed by atoms with Crippen molar-refractivity contribution in [1.82, 2.24) is 10.3 Å². The molecule has 8 heteroatoms. The summed E-state index contributed by atoms with van der Waals surface area (Å²) in [6.07, 6.45) is 4.74. The summed E-state index contributed by atoms with van der Waals surface area (Å²) >= 11 is 0.